The number of hydrogen-bond acceptors (Lipinski definition) is 6. The van der Waals surface area contributed by atoms with Crippen molar-refractivity contribution in [2.45, 2.75) is 44.4 Å². The van der Waals surface area contributed by atoms with E-state index in [1.54, 1.807) is 0 Å². The largest absolute Gasteiger partial charge is 0.573 e. The predicted octanol–water partition coefficient (Wildman–Crippen LogP) is 4.63. The van der Waals surface area contributed by atoms with Crippen LogP contribution in [0.4, 0.5) is 28.8 Å². The van der Waals surface area contributed by atoms with E-state index in [1.165, 1.54) is 42.7 Å². The smallest absolute Gasteiger partial charge is 0.406 e. The van der Waals surface area contributed by atoms with Crippen LogP contribution in [0, 0.1) is 0 Å². The number of hydrogen-bond donors (Lipinski definition) is 3. The number of halogens is 3. The Hall–Kier alpha value is -2.56. The second-order valence-electron chi connectivity index (χ2n) is 6.06. The van der Waals surface area contributed by atoms with Crippen LogP contribution < -0.4 is 20.9 Å². The highest BCUT2D eigenvalue weighted by molar-refractivity contribution is 7.15. The highest BCUT2D eigenvalue weighted by Gasteiger charge is 2.30. The lowest BCUT2D eigenvalue weighted by molar-refractivity contribution is -0.274. The molecule has 0 aliphatic heterocycles. The minimum absolute atomic E-state index is 0.346. The lowest BCUT2D eigenvalue weighted by Crippen LogP contribution is -2.33. The quantitative estimate of drug-likeness (QED) is 0.636. The van der Waals surface area contributed by atoms with Gasteiger partial charge in [0.2, 0.25) is 5.13 Å². The molecule has 2 amide bonds. The van der Waals surface area contributed by atoms with E-state index in [4.69, 9.17) is 0 Å². The summed E-state index contributed by atoms with van der Waals surface area (Å²) in [4.78, 5) is 11.9. The van der Waals surface area contributed by atoms with Crippen molar-refractivity contribution in [1.29, 1.82) is 0 Å². The van der Waals surface area contributed by atoms with E-state index in [0.29, 0.717) is 16.7 Å². The molecule has 146 valence electrons. The van der Waals surface area contributed by atoms with Crippen LogP contribution in [-0.2, 0) is 0 Å². The van der Waals surface area contributed by atoms with E-state index < -0.39 is 12.4 Å². The van der Waals surface area contributed by atoms with Crippen molar-refractivity contribution >= 4 is 28.2 Å². The molecule has 11 heteroatoms. The number of benzene rings is 1. The number of carbonyl (C=O) groups excluding carboxylic acids is 1. The third-order valence-corrected chi connectivity index (χ3v) is 5.02. The average molecular weight is 401 g/mol. The van der Waals surface area contributed by atoms with Crippen LogP contribution in [0.3, 0.4) is 0 Å². The molecule has 0 bridgehead atoms. The summed E-state index contributed by atoms with van der Waals surface area (Å²) in [5, 5.41) is 12.0. The molecule has 1 saturated carbocycles. The standard InChI is InChI=1S/C16H18F3N5O2S/c17-16(18,19)26-12-8-6-11(7-9-12)21-23-14(25)20-15-24-22-13(27-15)10-4-2-1-3-5-10/h6-10,21H,1-5H2,(H2,20,23,24,25). The van der Waals surface area contributed by atoms with Crippen molar-refractivity contribution in [2.75, 3.05) is 10.7 Å². The third kappa shape index (κ3) is 5.98. The zero-order valence-corrected chi connectivity index (χ0v) is 15.0. The zero-order valence-electron chi connectivity index (χ0n) is 14.2. The van der Waals surface area contributed by atoms with Gasteiger partial charge in [-0.25, -0.2) is 4.79 Å². The van der Waals surface area contributed by atoms with Crippen molar-refractivity contribution in [3.05, 3.63) is 29.3 Å². The van der Waals surface area contributed by atoms with Gasteiger partial charge in [0.1, 0.15) is 10.8 Å². The van der Waals surface area contributed by atoms with Crippen LogP contribution in [-0.4, -0.2) is 22.6 Å². The Labute approximate surface area is 157 Å². The number of rotatable bonds is 5. The maximum Gasteiger partial charge on any atom is 0.573 e. The van der Waals surface area contributed by atoms with Crippen LogP contribution >= 0.6 is 11.3 Å². The van der Waals surface area contributed by atoms with Crippen molar-refractivity contribution in [2.24, 2.45) is 0 Å². The minimum atomic E-state index is -4.74. The molecule has 1 aliphatic rings. The third-order valence-electron chi connectivity index (χ3n) is 4.02. The van der Waals surface area contributed by atoms with Crippen LogP contribution in [0.2, 0.25) is 0 Å². The molecule has 1 fully saturated rings. The molecule has 0 atom stereocenters. The molecule has 0 radical (unpaired) electrons. The first-order chi connectivity index (χ1) is 12.9. The maximum atomic E-state index is 12.1. The van der Waals surface area contributed by atoms with Gasteiger partial charge in [-0.2, -0.15) is 0 Å². The second-order valence-corrected chi connectivity index (χ2v) is 7.07. The number of ether oxygens (including phenoxy) is 1. The summed E-state index contributed by atoms with van der Waals surface area (Å²) in [6.45, 7) is 0. The number of nitrogens with one attached hydrogen (secondary N) is 3. The van der Waals surface area contributed by atoms with Gasteiger partial charge in [0, 0.05) is 5.92 Å². The van der Waals surface area contributed by atoms with Gasteiger partial charge in [-0.05, 0) is 37.1 Å². The molecule has 3 N–H and O–H groups in total. The lowest BCUT2D eigenvalue weighted by Gasteiger charge is -2.18. The molecular weight excluding hydrogens is 383 g/mol. The number of alkyl halides is 3. The molecule has 1 heterocycles. The molecule has 0 saturated heterocycles. The lowest BCUT2D eigenvalue weighted by atomic mass is 9.90. The molecule has 0 unspecified atom stereocenters. The van der Waals surface area contributed by atoms with Crippen molar-refractivity contribution < 1.29 is 22.7 Å². The Morgan fingerprint density at radius 3 is 2.48 bits per heavy atom. The number of anilines is 2. The van der Waals surface area contributed by atoms with Gasteiger partial charge in [0.05, 0.1) is 5.69 Å². The fraction of sp³-hybridized carbons (Fsp3) is 0.438. The second kappa shape index (κ2) is 8.42. The number of nitrogens with zero attached hydrogens (tertiary/aromatic N) is 2. The summed E-state index contributed by atoms with van der Waals surface area (Å²) in [5.41, 5.74) is 5.35. The number of hydrazine groups is 1. The van der Waals surface area contributed by atoms with E-state index in [0.717, 1.165) is 30.0 Å². The van der Waals surface area contributed by atoms with Crippen molar-refractivity contribution in [1.82, 2.24) is 15.6 Å². The number of aromatic nitrogens is 2. The number of urea groups is 1. The van der Waals surface area contributed by atoms with Gasteiger partial charge in [0.25, 0.3) is 0 Å². The molecule has 7 nitrogen and oxygen atoms in total. The van der Waals surface area contributed by atoms with E-state index in [1.807, 2.05) is 0 Å². The van der Waals surface area contributed by atoms with Gasteiger partial charge in [-0.1, -0.05) is 30.6 Å². The first-order valence-electron chi connectivity index (χ1n) is 8.41. The predicted molar refractivity (Wildman–Crippen MR) is 94.6 cm³/mol. The number of carbonyl (C=O) groups is 1. The van der Waals surface area contributed by atoms with Gasteiger partial charge >= 0.3 is 12.4 Å². The molecule has 27 heavy (non-hydrogen) atoms. The van der Waals surface area contributed by atoms with E-state index >= 15 is 0 Å². The zero-order chi connectivity index (χ0) is 19.3. The first kappa shape index (κ1) is 19.2. The summed E-state index contributed by atoms with van der Waals surface area (Å²) in [5.74, 6) is 0.0621. The van der Waals surface area contributed by atoms with Crippen molar-refractivity contribution in [3.8, 4) is 5.75 Å². The summed E-state index contributed by atoms with van der Waals surface area (Å²) in [7, 11) is 0. The summed E-state index contributed by atoms with van der Waals surface area (Å²) in [6, 6.07) is 4.39. The maximum absolute atomic E-state index is 12.1. The van der Waals surface area contributed by atoms with Gasteiger partial charge in [-0.15, -0.1) is 23.4 Å². The molecule has 1 aromatic carbocycles. The molecule has 1 aliphatic carbocycles. The number of amides is 2. The van der Waals surface area contributed by atoms with E-state index in [-0.39, 0.29) is 5.75 Å². The fourth-order valence-electron chi connectivity index (χ4n) is 2.80. The molecule has 0 spiro atoms. The molecule has 2 aromatic rings. The van der Waals surface area contributed by atoms with Gasteiger partial charge < -0.3 is 4.74 Å². The van der Waals surface area contributed by atoms with Crippen LogP contribution in [0.1, 0.15) is 43.0 Å². The summed E-state index contributed by atoms with van der Waals surface area (Å²) in [6.07, 6.45) is 1.06. The van der Waals surface area contributed by atoms with Crippen LogP contribution in [0.15, 0.2) is 24.3 Å². The first-order valence-corrected chi connectivity index (χ1v) is 9.23. The normalized spacial score (nSPS) is 15.2. The Morgan fingerprint density at radius 2 is 1.81 bits per heavy atom. The van der Waals surface area contributed by atoms with Crippen LogP contribution in [0.5, 0.6) is 5.75 Å². The van der Waals surface area contributed by atoms with E-state index in [2.05, 4.69) is 31.1 Å². The Bertz CT molecular complexity index is 760. The summed E-state index contributed by atoms with van der Waals surface area (Å²) >= 11 is 1.35. The minimum Gasteiger partial charge on any atom is -0.406 e. The molecule has 3 rings (SSSR count). The van der Waals surface area contributed by atoms with Crippen LogP contribution in [0.25, 0.3) is 0 Å². The van der Waals surface area contributed by atoms with E-state index in [9.17, 15) is 18.0 Å². The fourth-order valence-corrected chi connectivity index (χ4v) is 3.70. The molecular formula is C16H18F3N5O2S. The van der Waals surface area contributed by atoms with Gasteiger partial charge in [0.15, 0.2) is 0 Å². The SMILES string of the molecule is O=C(NNc1ccc(OC(F)(F)F)cc1)Nc1nnc(C2CCCCC2)s1. The Morgan fingerprint density at radius 1 is 1.11 bits per heavy atom. The Kier molecular flexibility index (Phi) is 5.99. The van der Waals surface area contributed by atoms with Crippen molar-refractivity contribution in [3.63, 3.8) is 0 Å². The highest BCUT2D eigenvalue weighted by Crippen LogP contribution is 2.35. The average Bonchev–Trinajstić information content (AvgIpc) is 3.09. The Balaban J connectivity index is 1.46. The summed E-state index contributed by atoms with van der Waals surface area (Å²) < 4.78 is 40.1. The monoisotopic (exact) mass is 401 g/mol. The van der Waals surface area contributed by atoms with Gasteiger partial charge in [-0.3, -0.25) is 16.2 Å². The topological polar surface area (TPSA) is 88.2 Å². The molecule has 1 aromatic heterocycles. The highest BCUT2D eigenvalue weighted by atomic mass is 32.1.